The van der Waals surface area contributed by atoms with Gasteiger partial charge in [0.15, 0.2) is 0 Å². The molecule has 0 unspecified atom stereocenters. The molecular weight excluding hydrogens is 180 g/mol. The Hall–Kier alpha value is -1.42. The van der Waals surface area contributed by atoms with E-state index in [9.17, 15) is 4.79 Å². The van der Waals surface area contributed by atoms with Gasteiger partial charge in [0.25, 0.3) is 0 Å². The zero-order valence-corrected chi connectivity index (χ0v) is 7.99. The van der Waals surface area contributed by atoms with Crippen LogP contribution in [0.2, 0.25) is 0 Å². The fraction of sp³-hybridized carbons (Fsp3) is 0.400. The molecule has 2 rings (SSSR count). The molecule has 0 spiro atoms. The quantitative estimate of drug-likeness (QED) is 0.708. The number of pyridine rings is 1. The summed E-state index contributed by atoms with van der Waals surface area (Å²) in [6, 6.07) is 3.77. The van der Waals surface area contributed by atoms with Gasteiger partial charge < -0.3 is 10.1 Å². The lowest BCUT2D eigenvalue weighted by Crippen LogP contribution is -2.40. The van der Waals surface area contributed by atoms with Crippen LogP contribution in [0.5, 0.6) is 0 Å². The maximum atomic E-state index is 11.1. The van der Waals surface area contributed by atoms with E-state index in [-0.39, 0.29) is 18.6 Å². The van der Waals surface area contributed by atoms with Crippen LogP contribution in [-0.2, 0) is 9.53 Å². The summed E-state index contributed by atoms with van der Waals surface area (Å²) in [6.45, 7) is 2.62. The van der Waals surface area contributed by atoms with Crippen LogP contribution in [0, 0.1) is 6.92 Å². The minimum Gasteiger partial charge on any atom is -0.369 e. The highest BCUT2D eigenvalue weighted by molar-refractivity contribution is 5.78. The van der Waals surface area contributed by atoms with Crippen molar-refractivity contribution in [3.8, 4) is 0 Å². The van der Waals surface area contributed by atoms with E-state index in [1.165, 1.54) is 0 Å². The number of carbonyl (C=O) groups is 1. The van der Waals surface area contributed by atoms with E-state index >= 15 is 0 Å². The molecular formula is C10H12N2O2. The first kappa shape index (κ1) is 9.15. The summed E-state index contributed by atoms with van der Waals surface area (Å²) in [7, 11) is 0. The van der Waals surface area contributed by atoms with Gasteiger partial charge in [0.1, 0.15) is 6.61 Å². The number of amides is 1. The van der Waals surface area contributed by atoms with Gasteiger partial charge in [-0.3, -0.25) is 9.78 Å². The third-order valence-corrected chi connectivity index (χ3v) is 2.28. The number of carbonyl (C=O) groups excluding carboxylic acids is 1. The van der Waals surface area contributed by atoms with E-state index in [2.05, 4.69) is 10.3 Å². The molecule has 1 fully saturated rings. The molecule has 1 aromatic rings. The molecule has 1 aromatic heterocycles. The van der Waals surface area contributed by atoms with Gasteiger partial charge in [-0.15, -0.1) is 0 Å². The molecule has 4 nitrogen and oxygen atoms in total. The van der Waals surface area contributed by atoms with Gasteiger partial charge in [0, 0.05) is 11.9 Å². The van der Waals surface area contributed by atoms with Gasteiger partial charge in [0.2, 0.25) is 5.91 Å². The number of rotatable bonds is 1. The van der Waals surface area contributed by atoms with Crippen LogP contribution in [0.15, 0.2) is 18.3 Å². The number of hydrogen-bond acceptors (Lipinski definition) is 3. The lowest BCUT2D eigenvalue weighted by atomic mass is 10.1. The van der Waals surface area contributed by atoms with Gasteiger partial charge in [0.05, 0.1) is 12.6 Å². The molecule has 0 aliphatic carbocycles. The second-order valence-electron chi connectivity index (χ2n) is 3.31. The molecule has 1 aliphatic heterocycles. The Morgan fingerprint density at radius 1 is 1.64 bits per heavy atom. The Bertz CT molecular complexity index is 352. The van der Waals surface area contributed by atoms with E-state index in [4.69, 9.17) is 4.74 Å². The number of morpholine rings is 1. The normalized spacial score (nSPS) is 21.8. The summed E-state index contributed by atoms with van der Waals surface area (Å²) in [5, 5.41) is 2.87. The molecule has 14 heavy (non-hydrogen) atoms. The number of aryl methyl sites for hydroxylation is 1. The first-order chi connectivity index (χ1) is 6.77. The van der Waals surface area contributed by atoms with Crippen molar-refractivity contribution in [3.63, 3.8) is 0 Å². The summed E-state index contributed by atoms with van der Waals surface area (Å²) in [6.07, 6.45) is 1.74. The van der Waals surface area contributed by atoms with E-state index < -0.39 is 0 Å². The van der Waals surface area contributed by atoms with Crippen LogP contribution in [0.25, 0.3) is 0 Å². The smallest absolute Gasteiger partial charge is 0.246 e. The highest BCUT2D eigenvalue weighted by Crippen LogP contribution is 2.17. The van der Waals surface area contributed by atoms with Gasteiger partial charge in [-0.05, 0) is 18.6 Å². The molecule has 2 heterocycles. The standard InChI is InChI=1S/C10H12N2O2/c1-7-8(3-2-4-11-7)9-5-14-6-10(13)12-9/h2-4,9H,5-6H2,1H3,(H,12,13)/t9-/m1/s1. The molecule has 74 valence electrons. The molecule has 4 heteroatoms. The van der Waals surface area contributed by atoms with Gasteiger partial charge in [-0.25, -0.2) is 0 Å². The molecule has 0 radical (unpaired) electrons. The molecule has 1 amide bonds. The van der Waals surface area contributed by atoms with E-state index in [0.717, 1.165) is 11.3 Å². The van der Waals surface area contributed by atoms with Crippen LogP contribution in [0.1, 0.15) is 17.3 Å². The third kappa shape index (κ3) is 1.75. The van der Waals surface area contributed by atoms with E-state index in [1.807, 2.05) is 19.1 Å². The highest BCUT2D eigenvalue weighted by atomic mass is 16.5. The van der Waals surface area contributed by atoms with Crippen LogP contribution in [-0.4, -0.2) is 24.1 Å². The molecule has 1 atom stereocenters. The highest BCUT2D eigenvalue weighted by Gasteiger charge is 2.21. The zero-order valence-electron chi connectivity index (χ0n) is 7.99. The predicted molar refractivity (Wildman–Crippen MR) is 50.7 cm³/mol. The van der Waals surface area contributed by atoms with Crippen molar-refractivity contribution in [1.82, 2.24) is 10.3 Å². The minimum atomic E-state index is -0.0653. The third-order valence-electron chi connectivity index (χ3n) is 2.28. The summed E-state index contributed by atoms with van der Waals surface area (Å²) in [4.78, 5) is 15.3. The topological polar surface area (TPSA) is 51.2 Å². The molecule has 0 saturated carbocycles. The largest absolute Gasteiger partial charge is 0.369 e. The molecule has 1 saturated heterocycles. The average molecular weight is 192 g/mol. The Morgan fingerprint density at radius 3 is 3.21 bits per heavy atom. The van der Waals surface area contributed by atoms with Crippen LogP contribution in [0.3, 0.4) is 0 Å². The number of aromatic nitrogens is 1. The molecule has 0 aromatic carbocycles. The van der Waals surface area contributed by atoms with Crippen LogP contribution >= 0.6 is 0 Å². The fourth-order valence-corrected chi connectivity index (χ4v) is 1.58. The first-order valence-electron chi connectivity index (χ1n) is 4.56. The van der Waals surface area contributed by atoms with Crippen molar-refractivity contribution in [3.05, 3.63) is 29.6 Å². The van der Waals surface area contributed by atoms with Gasteiger partial charge >= 0.3 is 0 Å². The Labute approximate surface area is 82.3 Å². The minimum absolute atomic E-state index is 0.0510. The number of ether oxygens (including phenoxy) is 1. The second kappa shape index (κ2) is 3.75. The monoisotopic (exact) mass is 192 g/mol. The Morgan fingerprint density at radius 2 is 2.50 bits per heavy atom. The summed E-state index contributed by atoms with van der Waals surface area (Å²) in [5.74, 6) is -0.0653. The SMILES string of the molecule is Cc1ncccc1[C@H]1COCC(=O)N1. The van der Waals surface area contributed by atoms with Crippen molar-refractivity contribution in [2.45, 2.75) is 13.0 Å². The number of hydrogen-bond donors (Lipinski definition) is 1. The van der Waals surface area contributed by atoms with Gasteiger partial charge in [-0.1, -0.05) is 6.07 Å². The molecule has 1 aliphatic rings. The van der Waals surface area contributed by atoms with E-state index in [1.54, 1.807) is 6.20 Å². The second-order valence-corrected chi connectivity index (χ2v) is 3.31. The van der Waals surface area contributed by atoms with Gasteiger partial charge in [-0.2, -0.15) is 0 Å². The van der Waals surface area contributed by atoms with Crippen LogP contribution in [0.4, 0.5) is 0 Å². The van der Waals surface area contributed by atoms with Crippen molar-refractivity contribution < 1.29 is 9.53 Å². The number of nitrogens with zero attached hydrogens (tertiary/aromatic N) is 1. The van der Waals surface area contributed by atoms with Crippen molar-refractivity contribution in [1.29, 1.82) is 0 Å². The van der Waals surface area contributed by atoms with Crippen molar-refractivity contribution >= 4 is 5.91 Å². The summed E-state index contributed by atoms with van der Waals surface area (Å²) >= 11 is 0. The molecule has 0 bridgehead atoms. The first-order valence-corrected chi connectivity index (χ1v) is 4.56. The number of nitrogens with one attached hydrogen (secondary N) is 1. The molecule has 1 N–H and O–H groups in total. The fourth-order valence-electron chi connectivity index (χ4n) is 1.58. The lowest BCUT2D eigenvalue weighted by molar-refractivity contribution is -0.131. The zero-order chi connectivity index (χ0) is 9.97. The maximum absolute atomic E-state index is 11.1. The van der Waals surface area contributed by atoms with Crippen LogP contribution < -0.4 is 5.32 Å². The maximum Gasteiger partial charge on any atom is 0.246 e. The van der Waals surface area contributed by atoms with Crippen molar-refractivity contribution in [2.75, 3.05) is 13.2 Å². The summed E-state index contributed by atoms with van der Waals surface area (Å²) in [5.41, 5.74) is 1.96. The lowest BCUT2D eigenvalue weighted by Gasteiger charge is -2.24. The Balaban J connectivity index is 2.22. The average Bonchev–Trinajstić information content (AvgIpc) is 2.18. The summed E-state index contributed by atoms with van der Waals surface area (Å²) < 4.78 is 5.16. The predicted octanol–water partition coefficient (Wildman–Crippen LogP) is 0.578. The van der Waals surface area contributed by atoms with Crippen molar-refractivity contribution in [2.24, 2.45) is 0 Å². The van der Waals surface area contributed by atoms with E-state index in [0.29, 0.717) is 6.61 Å². The Kier molecular flexibility index (Phi) is 2.45.